The van der Waals surface area contributed by atoms with E-state index in [1.54, 1.807) is 20.0 Å². The molecular weight excluding hydrogens is 354 g/mol. The number of sulfonamides is 1. The van der Waals surface area contributed by atoms with Gasteiger partial charge in [-0.2, -0.15) is 4.31 Å². The summed E-state index contributed by atoms with van der Waals surface area (Å²) in [5.74, 6) is 0.333. The Balaban J connectivity index is 1.53. The Kier molecular flexibility index (Phi) is 4.12. The molecule has 2 aromatic heterocycles. The second kappa shape index (κ2) is 6.33. The van der Waals surface area contributed by atoms with Gasteiger partial charge in [-0.25, -0.2) is 18.4 Å². The molecule has 1 aliphatic heterocycles. The molecule has 0 amide bonds. The number of hydrogen-bond donors (Lipinski definition) is 0. The van der Waals surface area contributed by atoms with Crippen LogP contribution in [0.15, 0.2) is 40.1 Å². The van der Waals surface area contributed by atoms with Crippen molar-refractivity contribution in [3.05, 3.63) is 42.2 Å². The molecule has 0 spiro atoms. The van der Waals surface area contributed by atoms with Crippen molar-refractivity contribution in [1.29, 1.82) is 0 Å². The fourth-order valence-electron chi connectivity index (χ4n) is 3.33. The molecule has 1 aliphatic rings. The third kappa shape index (κ3) is 2.82. The van der Waals surface area contributed by atoms with Gasteiger partial charge in [-0.3, -0.25) is 0 Å². The van der Waals surface area contributed by atoms with Gasteiger partial charge >= 0.3 is 0 Å². The number of nitrogens with zero attached hydrogens (tertiary/aromatic N) is 5. The van der Waals surface area contributed by atoms with Crippen molar-refractivity contribution in [3.63, 3.8) is 0 Å². The van der Waals surface area contributed by atoms with E-state index < -0.39 is 10.0 Å². The van der Waals surface area contributed by atoms with Gasteiger partial charge in [-0.05, 0) is 32.0 Å². The number of aromatic nitrogens is 3. The summed E-state index contributed by atoms with van der Waals surface area (Å²) in [6.07, 6.45) is 3.31. The van der Waals surface area contributed by atoms with E-state index in [0.29, 0.717) is 37.6 Å². The molecule has 0 N–H and O–H groups in total. The lowest BCUT2D eigenvalue weighted by Crippen LogP contribution is -2.48. The summed E-state index contributed by atoms with van der Waals surface area (Å²) in [5.41, 5.74) is 2.34. The van der Waals surface area contributed by atoms with Crippen molar-refractivity contribution in [1.82, 2.24) is 19.4 Å². The third-order valence-corrected chi connectivity index (χ3v) is 6.80. The van der Waals surface area contributed by atoms with Crippen LogP contribution in [0.3, 0.4) is 0 Å². The van der Waals surface area contributed by atoms with Gasteiger partial charge in [0.25, 0.3) is 0 Å². The minimum Gasteiger partial charge on any atom is -0.369 e. The Morgan fingerprint density at radius 2 is 1.88 bits per heavy atom. The largest absolute Gasteiger partial charge is 0.369 e. The minimum absolute atomic E-state index is 0.189. The van der Waals surface area contributed by atoms with E-state index in [1.165, 1.54) is 10.6 Å². The van der Waals surface area contributed by atoms with Crippen LogP contribution in [0.25, 0.3) is 10.9 Å². The van der Waals surface area contributed by atoms with Crippen molar-refractivity contribution in [2.45, 2.75) is 18.7 Å². The Morgan fingerprint density at radius 1 is 1.12 bits per heavy atom. The molecule has 136 valence electrons. The van der Waals surface area contributed by atoms with E-state index in [0.717, 1.165) is 16.6 Å². The first kappa shape index (κ1) is 16.9. The lowest BCUT2D eigenvalue weighted by atomic mass is 10.2. The quantitative estimate of drug-likeness (QED) is 0.690. The molecule has 9 heteroatoms. The second-order valence-electron chi connectivity index (χ2n) is 6.31. The maximum atomic E-state index is 12.9. The van der Waals surface area contributed by atoms with Crippen LogP contribution in [-0.2, 0) is 10.0 Å². The first-order chi connectivity index (χ1) is 12.5. The molecule has 0 aliphatic carbocycles. The number of anilines is 1. The van der Waals surface area contributed by atoms with Crippen LogP contribution in [0.4, 0.5) is 5.69 Å². The highest BCUT2D eigenvalue weighted by atomic mass is 32.2. The number of hydrogen-bond acceptors (Lipinski definition) is 7. The number of aryl methyl sites for hydroxylation is 2. The highest BCUT2D eigenvalue weighted by Gasteiger charge is 2.33. The maximum absolute atomic E-state index is 12.9. The van der Waals surface area contributed by atoms with Gasteiger partial charge in [-0.1, -0.05) is 5.16 Å². The van der Waals surface area contributed by atoms with Crippen LogP contribution in [0.1, 0.15) is 11.5 Å². The van der Waals surface area contributed by atoms with E-state index in [2.05, 4.69) is 20.0 Å². The number of benzene rings is 1. The van der Waals surface area contributed by atoms with Crippen LogP contribution < -0.4 is 4.90 Å². The van der Waals surface area contributed by atoms with Gasteiger partial charge in [0.1, 0.15) is 16.9 Å². The van der Waals surface area contributed by atoms with Crippen LogP contribution in [0, 0.1) is 13.8 Å². The topological polar surface area (TPSA) is 92.4 Å². The maximum Gasteiger partial charge on any atom is 0.248 e. The van der Waals surface area contributed by atoms with Gasteiger partial charge < -0.3 is 9.42 Å². The van der Waals surface area contributed by atoms with Crippen LogP contribution in [-0.4, -0.2) is 54.0 Å². The fraction of sp³-hybridized carbons (Fsp3) is 0.353. The summed E-state index contributed by atoms with van der Waals surface area (Å²) in [7, 11) is -3.59. The van der Waals surface area contributed by atoms with Gasteiger partial charge in [0, 0.05) is 43.4 Å². The molecule has 0 bridgehead atoms. The molecule has 3 heterocycles. The Labute approximate surface area is 151 Å². The van der Waals surface area contributed by atoms with E-state index in [4.69, 9.17) is 4.52 Å². The molecule has 0 unspecified atom stereocenters. The minimum atomic E-state index is -3.59. The fourth-order valence-corrected chi connectivity index (χ4v) is 5.04. The predicted octanol–water partition coefficient (Wildman–Crippen LogP) is 1.75. The lowest BCUT2D eigenvalue weighted by Gasteiger charge is -2.35. The highest BCUT2D eigenvalue weighted by Crippen LogP contribution is 2.26. The summed E-state index contributed by atoms with van der Waals surface area (Å²) in [6.45, 7) is 5.33. The molecule has 1 saturated heterocycles. The normalized spacial score (nSPS) is 16.3. The van der Waals surface area contributed by atoms with Crippen molar-refractivity contribution >= 4 is 26.6 Å². The molecular formula is C17H19N5O3S. The number of fused-ring (bicyclic) bond motifs is 1. The van der Waals surface area contributed by atoms with Gasteiger partial charge in [0.15, 0.2) is 5.76 Å². The van der Waals surface area contributed by atoms with E-state index >= 15 is 0 Å². The summed E-state index contributed by atoms with van der Waals surface area (Å²) in [4.78, 5) is 10.6. The van der Waals surface area contributed by atoms with Gasteiger partial charge in [-0.15, -0.1) is 0 Å². The zero-order valence-corrected chi connectivity index (χ0v) is 15.4. The predicted molar refractivity (Wildman–Crippen MR) is 96.5 cm³/mol. The van der Waals surface area contributed by atoms with Gasteiger partial charge in [0.05, 0.1) is 5.52 Å². The summed E-state index contributed by atoms with van der Waals surface area (Å²) in [6, 6.07) is 6.00. The Bertz CT molecular complexity index is 1040. The molecule has 1 fully saturated rings. The molecule has 26 heavy (non-hydrogen) atoms. The van der Waals surface area contributed by atoms with E-state index in [9.17, 15) is 8.42 Å². The lowest BCUT2D eigenvalue weighted by molar-refractivity contribution is 0.378. The van der Waals surface area contributed by atoms with Crippen LogP contribution in [0.2, 0.25) is 0 Å². The molecule has 0 atom stereocenters. The molecule has 4 rings (SSSR count). The zero-order valence-electron chi connectivity index (χ0n) is 14.6. The van der Waals surface area contributed by atoms with Gasteiger partial charge in [0.2, 0.25) is 10.0 Å². The van der Waals surface area contributed by atoms with Crippen LogP contribution in [0.5, 0.6) is 0 Å². The first-order valence-corrected chi connectivity index (χ1v) is 9.78. The average molecular weight is 373 g/mol. The standard InChI is InChI=1S/C17H19N5O3S/c1-12-17(13(2)25-20-12)26(23,24)22-7-5-21(6-8-22)15-3-4-16-14(9-15)10-18-11-19-16/h3-4,9-11H,5-8H2,1-2H3. The number of piperazine rings is 1. The molecule has 0 radical (unpaired) electrons. The second-order valence-corrected chi connectivity index (χ2v) is 8.19. The van der Waals surface area contributed by atoms with Crippen molar-refractivity contribution in [2.75, 3.05) is 31.1 Å². The molecule has 3 aromatic rings. The van der Waals surface area contributed by atoms with Crippen LogP contribution >= 0.6 is 0 Å². The van der Waals surface area contributed by atoms with Crippen molar-refractivity contribution < 1.29 is 12.9 Å². The van der Waals surface area contributed by atoms with E-state index in [-0.39, 0.29) is 4.90 Å². The average Bonchev–Trinajstić information content (AvgIpc) is 3.00. The SMILES string of the molecule is Cc1noc(C)c1S(=O)(=O)N1CCN(c2ccc3ncncc3c2)CC1. The molecule has 1 aromatic carbocycles. The summed E-state index contributed by atoms with van der Waals surface area (Å²) < 4.78 is 32.3. The first-order valence-electron chi connectivity index (χ1n) is 8.34. The smallest absolute Gasteiger partial charge is 0.248 e. The highest BCUT2D eigenvalue weighted by molar-refractivity contribution is 7.89. The zero-order chi connectivity index (χ0) is 18.3. The Morgan fingerprint density at radius 3 is 2.58 bits per heavy atom. The van der Waals surface area contributed by atoms with E-state index in [1.807, 2.05) is 18.2 Å². The Hall–Kier alpha value is -2.52. The molecule has 0 saturated carbocycles. The summed E-state index contributed by atoms with van der Waals surface area (Å²) >= 11 is 0. The molecule has 8 nitrogen and oxygen atoms in total. The third-order valence-electron chi connectivity index (χ3n) is 4.66. The summed E-state index contributed by atoms with van der Waals surface area (Å²) in [5, 5.41) is 4.73. The van der Waals surface area contributed by atoms with Crippen molar-refractivity contribution in [2.24, 2.45) is 0 Å². The van der Waals surface area contributed by atoms with Crippen molar-refractivity contribution in [3.8, 4) is 0 Å². The number of rotatable bonds is 3. The monoisotopic (exact) mass is 373 g/mol.